The minimum atomic E-state index is 0.000278. The summed E-state index contributed by atoms with van der Waals surface area (Å²) >= 11 is 1.67. The second kappa shape index (κ2) is 5.05. The van der Waals surface area contributed by atoms with Crippen LogP contribution in [0.2, 0.25) is 0 Å². The number of amides is 1. The minimum absolute atomic E-state index is 0.000278. The lowest BCUT2D eigenvalue weighted by Crippen LogP contribution is -2.22. The third kappa shape index (κ3) is 2.49. The Labute approximate surface area is 116 Å². The van der Waals surface area contributed by atoms with Crippen LogP contribution in [0.25, 0.3) is 0 Å². The van der Waals surface area contributed by atoms with Gasteiger partial charge in [0.2, 0.25) is 0 Å². The molecule has 1 aliphatic heterocycles. The number of hydrogen-bond donors (Lipinski definition) is 2. The van der Waals surface area contributed by atoms with Gasteiger partial charge < -0.3 is 10.6 Å². The molecule has 0 bridgehead atoms. The highest BCUT2D eigenvalue weighted by Crippen LogP contribution is 2.23. The molecule has 2 aromatic rings. The SMILES string of the molecule is Cc1cscc1CNC(=O)c1ccc2c(c1)CCN2. The van der Waals surface area contributed by atoms with Crippen molar-refractivity contribution >= 4 is 22.9 Å². The molecule has 2 heterocycles. The van der Waals surface area contributed by atoms with Gasteiger partial charge >= 0.3 is 0 Å². The molecule has 0 spiro atoms. The molecule has 19 heavy (non-hydrogen) atoms. The predicted molar refractivity (Wildman–Crippen MR) is 78.9 cm³/mol. The van der Waals surface area contributed by atoms with E-state index >= 15 is 0 Å². The molecule has 0 aliphatic carbocycles. The summed E-state index contributed by atoms with van der Waals surface area (Å²) in [6.07, 6.45) is 1.00. The fraction of sp³-hybridized carbons (Fsp3) is 0.267. The van der Waals surface area contributed by atoms with Gasteiger partial charge in [0.15, 0.2) is 0 Å². The number of carbonyl (C=O) groups is 1. The van der Waals surface area contributed by atoms with Crippen LogP contribution in [0.5, 0.6) is 0 Å². The van der Waals surface area contributed by atoms with E-state index in [1.807, 2.05) is 18.2 Å². The van der Waals surface area contributed by atoms with Crippen LogP contribution in [0.3, 0.4) is 0 Å². The van der Waals surface area contributed by atoms with E-state index in [2.05, 4.69) is 28.3 Å². The van der Waals surface area contributed by atoms with E-state index < -0.39 is 0 Å². The number of rotatable bonds is 3. The van der Waals surface area contributed by atoms with E-state index in [1.54, 1.807) is 11.3 Å². The largest absolute Gasteiger partial charge is 0.384 e. The summed E-state index contributed by atoms with van der Waals surface area (Å²) in [6.45, 7) is 3.64. The Bertz CT molecular complexity index is 618. The molecule has 3 nitrogen and oxygen atoms in total. The maximum Gasteiger partial charge on any atom is 0.251 e. The highest BCUT2D eigenvalue weighted by Gasteiger charge is 2.13. The molecule has 0 radical (unpaired) electrons. The van der Waals surface area contributed by atoms with Crippen molar-refractivity contribution in [1.29, 1.82) is 0 Å². The average molecular weight is 272 g/mol. The number of benzene rings is 1. The summed E-state index contributed by atoms with van der Waals surface area (Å²) in [5.41, 5.74) is 5.57. The van der Waals surface area contributed by atoms with Crippen molar-refractivity contribution in [2.45, 2.75) is 19.9 Å². The quantitative estimate of drug-likeness (QED) is 0.902. The Morgan fingerprint density at radius 2 is 2.32 bits per heavy atom. The molecule has 0 saturated heterocycles. The third-order valence-corrected chi connectivity index (χ3v) is 4.39. The van der Waals surface area contributed by atoms with Crippen molar-refractivity contribution in [2.24, 2.45) is 0 Å². The van der Waals surface area contributed by atoms with Crippen LogP contribution in [0, 0.1) is 6.92 Å². The first-order valence-electron chi connectivity index (χ1n) is 6.41. The first-order valence-corrected chi connectivity index (χ1v) is 7.35. The maximum absolute atomic E-state index is 12.1. The molecule has 4 heteroatoms. The van der Waals surface area contributed by atoms with E-state index in [0.29, 0.717) is 6.54 Å². The summed E-state index contributed by atoms with van der Waals surface area (Å²) in [5.74, 6) is 0.000278. The fourth-order valence-electron chi connectivity index (χ4n) is 2.29. The van der Waals surface area contributed by atoms with Crippen molar-refractivity contribution in [2.75, 3.05) is 11.9 Å². The Balaban J connectivity index is 1.69. The molecule has 1 aromatic carbocycles. The van der Waals surface area contributed by atoms with Crippen molar-refractivity contribution in [3.63, 3.8) is 0 Å². The zero-order chi connectivity index (χ0) is 13.2. The Morgan fingerprint density at radius 3 is 3.11 bits per heavy atom. The number of aryl methyl sites for hydroxylation is 1. The molecule has 0 saturated carbocycles. The molecule has 0 fully saturated rings. The van der Waals surface area contributed by atoms with Crippen LogP contribution in [0.4, 0.5) is 5.69 Å². The monoisotopic (exact) mass is 272 g/mol. The topological polar surface area (TPSA) is 41.1 Å². The molecular weight excluding hydrogens is 256 g/mol. The highest BCUT2D eigenvalue weighted by atomic mass is 32.1. The van der Waals surface area contributed by atoms with Gasteiger partial charge in [-0.25, -0.2) is 0 Å². The third-order valence-electron chi connectivity index (χ3n) is 3.48. The first kappa shape index (κ1) is 12.2. The Hall–Kier alpha value is -1.81. The van der Waals surface area contributed by atoms with Crippen molar-refractivity contribution in [3.8, 4) is 0 Å². The highest BCUT2D eigenvalue weighted by molar-refractivity contribution is 7.08. The first-order chi connectivity index (χ1) is 9.24. The lowest BCUT2D eigenvalue weighted by Gasteiger charge is -2.07. The van der Waals surface area contributed by atoms with Crippen LogP contribution in [0.15, 0.2) is 29.0 Å². The summed E-state index contributed by atoms with van der Waals surface area (Å²) in [6, 6.07) is 5.87. The van der Waals surface area contributed by atoms with Gasteiger partial charge in [0.25, 0.3) is 5.91 Å². The summed E-state index contributed by atoms with van der Waals surface area (Å²) in [5, 5.41) is 10.5. The van der Waals surface area contributed by atoms with E-state index in [1.165, 1.54) is 16.7 Å². The van der Waals surface area contributed by atoms with E-state index in [0.717, 1.165) is 24.2 Å². The average Bonchev–Trinajstić information content (AvgIpc) is 3.03. The van der Waals surface area contributed by atoms with Crippen LogP contribution in [-0.4, -0.2) is 12.5 Å². The van der Waals surface area contributed by atoms with Crippen molar-refractivity contribution < 1.29 is 4.79 Å². The van der Waals surface area contributed by atoms with Gasteiger partial charge in [-0.3, -0.25) is 4.79 Å². The predicted octanol–water partition coefficient (Wildman–Crippen LogP) is 2.95. The van der Waals surface area contributed by atoms with E-state index in [9.17, 15) is 4.79 Å². The number of thiophene rings is 1. The van der Waals surface area contributed by atoms with E-state index in [-0.39, 0.29) is 5.91 Å². The van der Waals surface area contributed by atoms with Gasteiger partial charge in [-0.15, -0.1) is 0 Å². The lowest BCUT2D eigenvalue weighted by molar-refractivity contribution is 0.0951. The van der Waals surface area contributed by atoms with Crippen LogP contribution < -0.4 is 10.6 Å². The lowest BCUT2D eigenvalue weighted by atomic mass is 10.1. The zero-order valence-electron chi connectivity index (χ0n) is 10.8. The van der Waals surface area contributed by atoms with E-state index in [4.69, 9.17) is 0 Å². The second-order valence-electron chi connectivity index (χ2n) is 4.81. The molecular formula is C15H16N2OS. The Kier molecular flexibility index (Phi) is 3.25. The van der Waals surface area contributed by atoms with Gasteiger partial charge in [-0.05, 0) is 59.0 Å². The number of hydrogen-bond acceptors (Lipinski definition) is 3. The maximum atomic E-state index is 12.1. The number of carbonyl (C=O) groups excluding carboxylic acids is 1. The number of anilines is 1. The molecule has 0 unspecified atom stereocenters. The van der Waals surface area contributed by atoms with Crippen molar-refractivity contribution in [1.82, 2.24) is 5.32 Å². The molecule has 3 rings (SSSR count). The zero-order valence-corrected chi connectivity index (χ0v) is 11.6. The van der Waals surface area contributed by atoms with Crippen LogP contribution in [-0.2, 0) is 13.0 Å². The molecule has 1 aliphatic rings. The van der Waals surface area contributed by atoms with Gasteiger partial charge in [0, 0.05) is 24.3 Å². The summed E-state index contributed by atoms with van der Waals surface area (Å²) < 4.78 is 0. The van der Waals surface area contributed by atoms with Gasteiger partial charge in [0.1, 0.15) is 0 Å². The standard InChI is InChI=1S/C15H16N2OS/c1-10-8-19-9-13(10)7-17-15(18)12-2-3-14-11(6-12)4-5-16-14/h2-3,6,8-9,16H,4-5,7H2,1H3,(H,17,18). The summed E-state index contributed by atoms with van der Waals surface area (Å²) in [7, 11) is 0. The number of nitrogens with one attached hydrogen (secondary N) is 2. The molecule has 98 valence electrons. The summed E-state index contributed by atoms with van der Waals surface area (Å²) in [4.78, 5) is 12.1. The fourth-order valence-corrected chi connectivity index (χ4v) is 3.15. The molecule has 1 amide bonds. The smallest absolute Gasteiger partial charge is 0.251 e. The van der Waals surface area contributed by atoms with Crippen LogP contribution in [0.1, 0.15) is 27.0 Å². The van der Waals surface area contributed by atoms with Gasteiger partial charge in [-0.2, -0.15) is 11.3 Å². The Morgan fingerprint density at radius 1 is 1.42 bits per heavy atom. The molecule has 1 aromatic heterocycles. The van der Waals surface area contributed by atoms with Crippen molar-refractivity contribution in [3.05, 3.63) is 51.2 Å². The molecule has 2 N–H and O–H groups in total. The van der Waals surface area contributed by atoms with Gasteiger partial charge in [-0.1, -0.05) is 0 Å². The second-order valence-corrected chi connectivity index (χ2v) is 5.55. The normalized spacial score (nSPS) is 12.9. The molecule has 0 atom stereocenters. The minimum Gasteiger partial charge on any atom is -0.384 e. The van der Waals surface area contributed by atoms with Gasteiger partial charge in [0.05, 0.1) is 0 Å². The van der Waals surface area contributed by atoms with Crippen LogP contribution >= 0.6 is 11.3 Å². The number of fused-ring (bicyclic) bond motifs is 1.